The highest BCUT2D eigenvalue weighted by Gasteiger charge is 2.26. The normalized spacial score (nSPS) is 14.0. The topological polar surface area (TPSA) is 64.8 Å². The molecule has 1 amide bonds. The number of carbonyl (C=O) groups is 1. The van der Waals surface area contributed by atoms with Crippen LogP contribution in [0.15, 0.2) is 18.2 Å². The van der Waals surface area contributed by atoms with E-state index in [0.29, 0.717) is 43.4 Å². The van der Waals surface area contributed by atoms with Crippen LogP contribution in [-0.2, 0) is 0 Å². The fourth-order valence-corrected chi connectivity index (χ4v) is 2.23. The van der Waals surface area contributed by atoms with E-state index in [4.69, 9.17) is 15.2 Å². The fourth-order valence-electron chi connectivity index (χ4n) is 2.23. The van der Waals surface area contributed by atoms with Crippen molar-refractivity contribution in [2.45, 2.75) is 13.8 Å². The molecular formula is C15H22N2O3. The van der Waals surface area contributed by atoms with Gasteiger partial charge in [-0.05, 0) is 24.1 Å². The van der Waals surface area contributed by atoms with Crippen LogP contribution in [0.5, 0.6) is 11.5 Å². The van der Waals surface area contributed by atoms with Gasteiger partial charge in [0.15, 0.2) is 11.5 Å². The summed E-state index contributed by atoms with van der Waals surface area (Å²) in [6, 6.07) is 5.39. The lowest BCUT2D eigenvalue weighted by atomic mass is 9.93. The molecule has 0 saturated heterocycles. The van der Waals surface area contributed by atoms with Crippen LogP contribution >= 0.6 is 0 Å². The predicted octanol–water partition coefficient (Wildman–Crippen LogP) is 1.51. The molecule has 0 unspecified atom stereocenters. The van der Waals surface area contributed by atoms with Gasteiger partial charge in [0, 0.05) is 13.6 Å². The van der Waals surface area contributed by atoms with Crippen LogP contribution in [0, 0.1) is 5.41 Å². The molecule has 0 aliphatic carbocycles. The highest BCUT2D eigenvalue weighted by atomic mass is 16.6. The van der Waals surface area contributed by atoms with Crippen LogP contribution in [0.3, 0.4) is 0 Å². The number of hydrogen-bond acceptors (Lipinski definition) is 4. The molecule has 0 aromatic heterocycles. The molecule has 20 heavy (non-hydrogen) atoms. The van der Waals surface area contributed by atoms with E-state index < -0.39 is 0 Å². The third kappa shape index (κ3) is 3.04. The largest absolute Gasteiger partial charge is 0.486 e. The van der Waals surface area contributed by atoms with Crippen LogP contribution in [0.4, 0.5) is 0 Å². The van der Waals surface area contributed by atoms with Crippen molar-refractivity contribution < 1.29 is 14.3 Å². The SMILES string of the molecule is CN(CC(C)(C)CN)C(=O)c1cccc2c1OCCO2. The highest BCUT2D eigenvalue weighted by molar-refractivity contribution is 5.97. The molecule has 1 aliphatic rings. The van der Waals surface area contributed by atoms with Crippen molar-refractivity contribution in [2.75, 3.05) is 33.4 Å². The van der Waals surface area contributed by atoms with Gasteiger partial charge in [0.1, 0.15) is 13.2 Å². The van der Waals surface area contributed by atoms with Gasteiger partial charge in [-0.3, -0.25) is 4.79 Å². The number of carbonyl (C=O) groups excluding carboxylic acids is 1. The first kappa shape index (κ1) is 14.7. The fraction of sp³-hybridized carbons (Fsp3) is 0.533. The summed E-state index contributed by atoms with van der Waals surface area (Å²) >= 11 is 0. The molecule has 2 rings (SSSR count). The van der Waals surface area contributed by atoms with Gasteiger partial charge < -0.3 is 20.1 Å². The van der Waals surface area contributed by atoms with Crippen molar-refractivity contribution in [3.05, 3.63) is 23.8 Å². The van der Waals surface area contributed by atoms with Gasteiger partial charge in [-0.2, -0.15) is 0 Å². The van der Waals surface area contributed by atoms with Crippen molar-refractivity contribution in [3.63, 3.8) is 0 Å². The number of hydrogen-bond donors (Lipinski definition) is 1. The quantitative estimate of drug-likeness (QED) is 0.907. The second-order valence-electron chi connectivity index (χ2n) is 5.86. The van der Waals surface area contributed by atoms with Crippen molar-refractivity contribution in [1.82, 2.24) is 4.90 Å². The Hall–Kier alpha value is -1.75. The summed E-state index contributed by atoms with van der Waals surface area (Å²) in [5, 5.41) is 0. The van der Waals surface area contributed by atoms with E-state index in [9.17, 15) is 4.79 Å². The van der Waals surface area contributed by atoms with Crippen molar-refractivity contribution in [3.8, 4) is 11.5 Å². The number of amides is 1. The average molecular weight is 278 g/mol. The summed E-state index contributed by atoms with van der Waals surface area (Å²) in [6.07, 6.45) is 0. The summed E-state index contributed by atoms with van der Waals surface area (Å²) in [6.45, 7) is 6.17. The van der Waals surface area contributed by atoms with E-state index in [1.807, 2.05) is 26.0 Å². The van der Waals surface area contributed by atoms with Gasteiger partial charge in [-0.15, -0.1) is 0 Å². The van der Waals surface area contributed by atoms with Gasteiger partial charge in [0.2, 0.25) is 0 Å². The second-order valence-corrected chi connectivity index (χ2v) is 5.86. The van der Waals surface area contributed by atoms with Crippen LogP contribution in [0.25, 0.3) is 0 Å². The van der Waals surface area contributed by atoms with E-state index in [1.165, 1.54) is 0 Å². The lowest BCUT2D eigenvalue weighted by molar-refractivity contribution is 0.0730. The number of fused-ring (bicyclic) bond motifs is 1. The molecule has 1 aromatic carbocycles. The standard InChI is InChI=1S/C15H22N2O3/c1-15(2,9-16)10-17(3)14(18)11-5-4-6-12-13(11)20-8-7-19-12/h4-6H,7-10,16H2,1-3H3. The zero-order chi connectivity index (χ0) is 14.8. The molecular weight excluding hydrogens is 256 g/mol. The van der Waals surface area contributed by atoms with E-state index in [-0.39, 0.29) is 11.3 Å². The van der Waals surface area contributed by atoms with Crippen molar-refractivity contribution in [1.29, 1.82) is 0 Å². The maximum atomic E-state index is 12.6. The van der Waals surface area contributed by atoms with Gasteiger partial charge in [-0.1, -0.05) is 19.9 Å². The molecule has 0 atom stereocenters. The van der Waals surface area contributed by atoms with Gasteiger partial charge in [0.25, 0.3) is 5.91 Å². The van der Waals surface area contributed by atoms with Crippen molar-refractivity contribution in [2.24, 2.45) is 11.1 Å². The van der Waals surface area contributed by atoms with E-state index in [2.05, 4.69) is 0 Å². The Labute approximate surface area is 119 Å². The molecule has 5 heteroatoms. The predicted molar refractivity (Wildman–Crippen MR) is 77.2 cm³/mol. The van der Waals surface area contributed by atoms with E-state index >= 15 is 0 Å². The Balaban J connectivity index is 2.21. The second kappa shape index (κ2) is 5.71. The molecule has 0 bridgehead atoms. The lowest BCUT2D eigenvalue weighted by Crippen LogP contribution is -2.40. The molecule has 1 aliphatic heterocycles. The molecule has 0 radical (unpaired) electrons. The lowest BCUT2D eigenvalue weighted by Gasteiger charge is -2.30. The Morgan fingerprint density at radius 2 is 2.05 bits per heavy atom. The molecule has 110 valence electrons. The number of rotatable bonds is 4. The van der Waals surface area contributed by atoms with Crippen LogP contribution in [-0.4, -0.2) is 44.2 Å². The molecule has 2 N–H and O–H groups in total. The summed E-state index contributed by atoms with van der Waals surface area (Å²) in [7, 11) is 1.78. The molecule has 1 heterocycles. The summed E-state index contributed by atoms with van der Waals surface area (Å²) in [5.41, 5.74) is 6.15. The Morgan fingerprint density at radius 1 is 1.35 bits per heavy atom. The number of benzene rings is 1. The van der Waals surface area contributed by atoms with Crippen molar-refractivity contribution >= 4 is 5.91 Å². The van der Waals surface area contributed by atoms with Crippen LogP contribution in [0.1, 0.15) is 24.2 Å². The summed E-state index contributed by atoms with van der Waals surface area (Å²) in [5.74, 6) is 1.10. The average Bonchev–Trinajstić information content (AvgIpc) is 2.45. The Morgan fingerprint density at radius 3 is 2.75 bits per heavy atom. The Bertz CT molecular complexity index is 500. The molecule has 0 spiro atoms. The van der Waals surface area contributed by atoms with E-state index in [1.54, 1.807) is 18.0 Å². The number of ether oxygens (including phenoxy) is 2. The molecule has 0 saturated carbocycles. The summed E-state index contributed by atoms with van der Waals surface area (Å²) in [4.78, 5) is 14.2. The summed E-state index contributed by atoms with van der Waals surface area (Å²) < 4.78 is 11.1. The van der Waals surface area contributed by atoms with Crippen LogP contribution < -0.4 is 15.2 Å². The Kier molecular flexibility index (Phi) is 4.18. The first-order valence-electron chi connectivity index (χ1n) is 6.79. The molecule has 1 aromatic rings. The smallest absolute Gasteiger partial charge is 0.257 e. The minimum absolute atomic E-state index is 0.0751. The van der Waals surface area contributed by atoms with Crippen LogP contribution in [0.2, 0.25) is 0 Å². The zero-order valence-electron chi connectivity index (χ0n) is 12.3. The van der Waals surface area contributed by atoms with Gasteiger partial charge in [0.05, 0.1) is 5.56 Å². The maximum Gasteiger partial charge on any atom is 0.257 e. The highest BCUT2D eigenvalue weighted by Crippen LogP contribution is 2.34. The number of nitrogens with two attached hydrogens (primary N) is 1. The monoisotopic (exact) mass is 278 g/mol. The van der Waals surface area contributed by atoms with Gasteiger partial charge in [-0.25, -0.2) is 0 Å². The third-order valence-corrected chi connectivity index (χ3v) is 3.36. The minimum atomic E-state index is -0.114. The van der Waals surface area contributed by atoms with Gasteiger partial charge >= 0.3 is 0 Å². The molecule has 0 fully saturated rings. The number of para-hydroxylation sites is 1. The maximum absolute atomic E-state index is 12.6. The number of nitrogens with zero attached hydrogens (tertiary/aromatic N) is 1. The molecule has 5 nitrogen and oxygen atoms in total. The third-order valence-electron chi connectivity index (χ3n) is 3.36. The first-order chi connectivity index (χ1) is 9.44. The zero-order valence-corrected chi connectivity index (χ0v) is 12.3. The minimum Gasteiger partial charge on any atom is -0.486 e. The van der Waals surface area contributed by atoms with E-state index in [0.717, 1.165) is 0 Å². The first-order valence-corrected chi connectivity index (χ1v) is 6.79.